The molecule has 0 saturated carbocycles. The summed E-state index contributed by atoms with van der Waals surface area (Å²) in [6, 6.07) is 3.50. The summed E-state index contributed by atoms with van der Waals surface area (Å²) < 4.78 is 0. The van der Waals surface area contributed by atoms with E-state index in [1.54, 1.807) is 18.3 Å². The second-order valence-corrected chi connectivity index (χ2v) is 2.83. The molecule has 0 spiro atoms. The van der Waals surface area contributed by atoms with E-state index in [2.05, 4.69) is 22.9 Å². The van der Waals surface area contributed by atoms with Crippen LogP contribution in [0, 0.1) is 0 Å². The lowest BCUT2D eigenvalue weighted by Crippen LogP contribution is -2.24. The quantitative estimate of drug-likeness (QED) is 0.715. The fraction of sp³-hybridized carbons (Fsp3) is 0.333. The Bertz CT molecular complexity index is 301. The van der Waals surface area contributed by atoms with E-state index in [9.17, 15) is 4.79 Å². The van der Waals surface area contributed by atoms with Gasteiger partial charge < -0.3 is 5.32 Å². The van der Waals surface area contributed by atoms with Crippen molar-refractivity contribution in [1.82, 2.24) is 10.3 Å². The van der Waals surface area contributed by atoms with Crippen LogP contribution in [0.4, 0.5) is 0 Å². The first-order valence-corrected chi connectivity index (χ1v) is 4.75. The number of carbonyl (C=O) groups is 1. The van der Waals surface area contributed by atoms with Crippen molar-refractivity contribution in [2.75, 3.05) is 6.54 Å². The van der Waals surface area contributed by atoms with Crippen LogP contribution in [0.5, 0.6) is 0 Å². The highest BCUT2D eigenvalue weighted by atomic mass is 32.1. The molecule has 1 aromatic heterocycles. The zero-order valence-electron chi connectivity index (χ0n) is 7.45. The Balaban J connectivity index is 2.92. The number of hydrogen-bond donors (Lipinski definition) is 2. The second-order valence-electron chi connectivity index (χ2n) is 2.52. The summed E-state index contributed by atoms with van der Waals surface area (Å²) in [4.78, 5) is 15.5. The summed E-state index contributed by atoms with van der Waals surface area (Å²) in [7, 11) is 0. The Morgan fingerprint density at radius 2 is 2.46 bits per heavy atom. The molecule has 0 radical (unpaired) electrons. The van der Waals surface area contributed by atoms with Crippen molar-refractivity contribution in [1.29, 1.82) is 0 Å². The minimum atomic E-state index is -0.0837. The van der Waals surface area contributed by atoms with Crippen LogP contribution in [0.15, 0.2) is 18.3 Å². The van der Waals surface area contributed by atoms with E-state index >= 15 is 0 Å². The van der Waals surface area contributed by atoms with Crippen molar-refractivity contribution in [2.24, 2.45) is 0 Å². The van der Waals surface area contributed by atoms with Crippen molar-refractivity contribution in [2.45, 2.75) is 12.7 Å². The molecule has 0 aromatic carbocycles. The molecule has 1 aromatic rings. The molecule has 0 fully saturated rings. The molecule has 0 atom stereocenters. The van der Waals surface area contributed by atoms with E-state index in [0.29, 0.717) is 17.9 Å². The highest BCUT2D eigenvalue weighted by Crippen LogP contribution is 2.07. The maximum atomic E-state index is 11.4. The predicted molar refractivity (Wildman–Crippen MR) is 54.9 cm³/mol. The highest BCUT2D eigenvalue weighted by Gasteiger charge is 2.08. The monoisotopic (exact) mass is 196 g/mol. The van der Waals surface area contributed by atoms with Gasteiger partial charge in [-0.2, -0.15) is 12.6 Å². The van der Waals surface area contributed by atoms with Gasteiger partial charge >= 0.3 is 0 Å². The van der Waals surface area contributed by atoms with Crippen LogP contribution in [-0.2, 0) is 5.75 Å². The van der Waals surface area contributed by atoms with Gasteiger partial charge in [0.25, 0.3) is 5.91 Å². The third kappa shape index (κ3) is 2.45. The molecule has 3 nitrogen and oxygen atoms in total. The molecule has 1 N–H and O–H groups in total. The lowest BCUT2D eigenvalue weighted by Gasteiger charge is -2.05. The van der Waals surface area contributed by atoms with Crippen molar-refractivity contribution in [3.05, 3.63) is 29.6 Å². The van der Waals surface area contributed by atoms with Crippen LogP contribution in [-0.4, -0.2) is 17.4 Å². The number of nitrogens with zero attached hydrogens (tertiary/aromatic N) is 1. The molecule has 0 saturated heterocycles. The Morgan fingerprint density at radius 1 is 1.69 bits per heavy atom. The molecule has 0 aliphatic heterocycles. The van der Waals surface area contributed by atoms with E-state index in [-0.39, 0.29) is 5.91 Å². The number of pyridine rings is 1. The number of amides is 1. The first-order valence-electron chi connectivity index (χ1n) is 4.12. The van der Waals surface area contributed by atoms with Gasteiger partial charge in [0.05, 0.1) is 11.3 Å². The summed E-state index contributed by atoms with van der Waals surface area (Å²) in [5.41, 5.74) is 1.33. The Kier molecular flexibility index (Phi) is 3.76. The van der Waals surface area contributed by atoms with Gasteiger partial charge in [0.15, 0.2) is 0 Å². The number of nitrogens with one attached hydrogen (secondary N) is 1. The molecule has 1 amide bonds. The molecule has 0 bridgehead atoms. The van der Waals surface area contributed by atoms with Gasteiger partial charge in [-0.3, -0.25) is 9.78 Å². The van der Waals surface area contributed by atoms with Gasteiger partial charge in [0.2, 0.25) is 0 Å². The molecule has 0 aliphatic carbocycles. The van der Waals surface area contributed by atoms with Crippen LogP contribution < -0.4 is 5.32 Å². The van der Waals surface area contributed by atoms with E-state index in [0.717, 1.165) is 5.69 Å². The van der Waals surface area contributed by atoms with Gasteiger partial charge in [-0.1, -0.05) is 0 Å². The Labute approximate surface area is 83.0 Å². The minimum absolute atomic E-state index is 0.0837. The lowest BCUT2D eigenvalue weighted by molar-refractivity contribution is 0.0954. The predicted octanol–water partition coefficient (Wildman–Crippen LogP) is 1.26. The fourth-order valence-electron chi connectivity index (χ4n) is 1.03. The maximum absolute atomic E-state index is 11.4. The van der Waals surface area contributed by atoms with Crippen LogP contribution in [0.1, 0.15) is 23.0 Å². The Morgan fingerprint density at radius 3 is 3.08 bits per heavy atom. The van der Waals surface area contributed by atoms with Crippen molar-refractivity contribution in [3.8, 4) is 0 Å². The number of aromatic nitrogens is 1. The molecule has 70 valence electrons. The van der Waals surface area contributed by atoms with Gasteiger partial charge in [-0.15, -0.1) is 0 Å². The summed E-state index contributed by atoms with van der Waals surface area (Å²) in [6.07, 6.45) is 1.66. The molecular formula is C9H12N2OS. The summed E-state index contributed by atoms with van der Waals surface area (Å²) in [5, 5.41) is 2.72. The average Bonchev–Trinajstić information content (AvgIpc) is 2.18. The largest absolute Gasteiger partial charge is 0.352 e. The molecule has 4 heteroatoms. The minimum Gasteiger partial charge on any atom is -0.352 e. The van der Waals surface area contributed by atoms with Crippen LogP contribution in [0.25, 0.3) is 0 Å². The standard InChI is InChI=1S/C9H12N2OS/c1-2-10-9(12)7-4-3-5-11-8(7)6-13/h3-5,13H,2,6H2,1H3,(H,10,12). The SMILES string of the molecule is CCNC(=O)c1cccnc1CS. The van der Waals surface area contributed by atoms with E-state index in [4.69, 9.17) is 0 Å². The van der Waals surface area contributed by atoms with Crippen LogP contribution >= 0.6 is 12.6 Å². The third-order valence-electron chi connectivity index (χ3n) is 1.62. The lowest BCUT2D eigenvalue weighted by atomic mass is 10.2. The molecule has 0 unspecified atom stereocenters. The van der Waals surface area contributed by atoms with Crippen molar-refractivity contribution >= 4 is 18.5 Å². The smallest absolute Gasteiger partial charge is 0.253 e. The number of hydrogen-bond acceptors (Lipinski definition) is 3. The molecule has 1 rings (SSSR count). The van der Waals surface area contributed by atoms with E-state index in [1.807, 2.05) is 6.92 Å². The zero-order chi connectivity index (χ0) is 9.68. The zero-order valence-corrected chi connectivity index (χ0v) is 8.34. The molecule has 13 heavy (non-hydrogen) atoms. The van der Waals surface area contributed by atoms with Crippen LogP contribution in [0.3, 0.4) is 0 Å². The number of carbonyl (C=O) groups excluding carboxylic acids is 1. The third-order valence-corrected chi connectivity index (χ3v) is 1.92. The van der Waals surface area contributed by atoms with E-state index < -0.39 is 0 Å². The first kappa shape index (κ1) is 10.1. The summed E-state index contributed by atoms with van der Waals surface area (Å²) >= 11 is 4.10. The topological polar surface area (TPSA) is 42.0 Å². The molecular weight excluding hydrogens is 184 g/mol. The first-order chi connectivity index (χ1) is 6.29. The summed E-state index contributed by atoms with van der Waals surface area (Å²) in [5.74, 6) is 0.396. The van der Waals surface area contributed by atoms with Crippen LogP contribution in [0.2, 0.25) is 0 Å². The van der Waals surface area contributed by atoms with Gasteiger partial charge in [0, 0.05) is 18.5 Å². The molecule has 1 heterocycles. The molecule has 0 aliphatic rings. The second kappa shape index (κ2) is 4.87. The normalized spacial score (nSPS) is 9.69. The number of rotatable bonds is 3. The maximum Gasteiger partial charge on any atom is 0.253 e. The van der Waals surface area contributed by atoms with Gasteiger partial charge in [-0.25, -0.2) is 0 Å². The van der Waals surface area contributed by atoms with Crippen molar-refractivity contribution < 1.29 is 4.79 Å². The average molecular weight is 196 g/mol. The highest BCUT2D eigenvalue weighted by molar-refractivity contribution is 7.79. The van der Waals surface area contributed by atoms with Crippen molar-refractivity contribution in [3.63, 3.8) is 0 Å². The van der Waals surface area contributed by atoms with E-state index in [1.165, 1.54) is 0 Å². The van der Waals surface area contributed by atoms with Gasteiger partial charge in [0.1, 0.15) is 0 Å². The number of thiol groups is 1. The summed E-state index contributed by atoms with van der Waals surface area (Å²) in [6.45, 7) is 2.51. The Hall–Kier alpha value is -1.03. The fourth-order valence-corrected chi connectivity index (χ4v) is 1.28. The van der Waals surface area contributed by atoms with Gasteiger partial charge in [-0.05, 0) is 19.1 Å².